The van der Waals surface area contributed by atoms with Crippen molar-refractivity contribution in [1.82, 2.24) is 9.78 Å². The van der Waals surface area contributed by atoms with E-state index in [1.165, 1.54) is 0 Å². The molecular formula is C7H10IN3O. The fourth-order valence-corrected chi connectivity index (χ4v) is 1.25. The van der Waals surface area contributed by atoms with E-state index in [0.717, 1.165) is 3.57 Å². The first-order valence-electron chi connectivity index (χ1n) is 3.57. The van der Waals surface area contributed by atoms with Gasteiger partial charge < -0.3 is 5.73 Å². The molecule has 1 amide bonds. The fourth-order valence-electron chi connectivity index (χ4n) is 0.809. The van der Waals surface area contributed by atoms with Crippen molar-refractivity contribution in [2.24, 2.45) is 11.7 Å². The number of aromatic nitrogens is 2. The maximum atomic E-state index is 10.7. The molecule has 1 unspecified atom stereocenters. The summed E-state index contributed by atoms with van der Waals surface area (Å²) >= 11 is 2.17. The summed E-state index contributed by atoms with van der Waals surface area (Å²) in [5, 5.41) is 4.04. The van der Waals surface area contributed by atoms with Crippen LogP contribution in [0.25, 0.3) is 0 Å². The normalized spacial score (nSPS) is 12.8. The van der Waals surface area contributed by atoms with Gasteiger partial charge in [0, 0.05) is 6.20 Å². The van der Waals surface area contributed by atoms with Crippen LogP contribution in [-0.4, -0.2) is 15.7 Å². The van der Waals surface area contributed by atoms with Gasteiger partial charge in [0.2, 0.25) is 5.91 Å². The van der Waals surface area contributed by atoms with Crippen molar-refractivity contribution in [1.29, 1.82) is 0 Å². The molecule has 0 aliphatic carbocycles. The molecule has 12 heavy (non-hydrogen) atoms. The van der Waals surface area contributed by atoms with E-state index in [1.807, 2.05) is 6.20 Å². The van der Waals surface area contributed by atoms with E-state index < -0.39 is 0 Å². The third-order valence-corrected chi connectivity index (χ3v) is 2.11. The van der Waals surface area contributed by atoms with E-state index in [0.29, 0.717) is 6.54 Å². The Morgan fingerprint density at radius 1 is 1.92 bits per heavy atom. The maximum Gasteiger partial charge on any atom is 0.222 e. The zero-order valence-electron chi connectivity index (χ0n) is 6.70. The van der Waals surface area contributed by atoms with Crippen LogP contribution in [0.4, 0.5) is 0 Å². The molecule has 0 saturated heterocycles. The topological polar surface area (TPSA) is 60.9 Å². The van der Waals surface area contributed by atoms with E-state index in [-0.39, 0.29) is 11.8 Å². The van der Waals surface area contributed by atoms with Gasteiger partial charge >= 0.3 is 0 Å². The second kappa shape index (κ2) is 3.88. The third kappa shape index (κ3) is 2.47. The Hall–Kier alpha value is -0.590. The number of hydrogen-bond donors (Lipinski definition) is 1. The van der Waals surface area contributed by atoms with Crippen molar-refractivity contribution in [3.63, 3.8) is 0 Å². The van der Waals surface area contributed by atoms with E-state index in [9.17, 15) is 4.79 Å². The van der Waals surface area contributed by atoms with Crippen LogP contribution < -0.4 is 5.73 Å². The van der Waals surface area contributed by atoms with Crippen molar-refractivity contribution in [3.8, 4) is 0 Å². The molecule has 5 heteroatoms. The highest BCUT2D eigenvalue weighted by Crippen LogP contribution is 2.04. The molecule has 1 aromatic rings. The molecule has 1 rings (SSSR count). The number of nitrogens with zero attached hydrogens (tertiary/aromatic N) is 2. The zero-order valence-corrected chi connectivity index (χ0v) is 8.85. The standard InChI is InChI=1S/C7H10IN3O/c1-5(7(9)12)3-11-4-6(8)2-10-11/h2,4-5H,3H2,1H3,(H2,9,12). The Kier molecular flexibility index (Phi) is 3.07. The Morgan fingerprint density at radius 2 is 2.58 bits per heavy atom. The van der Waals surface area contributed by atoms with Gasteiger partial charge in [0.25, 0.3) is 0 Å². The predicted octanol–water partition coefficient (Wildman–Crippen LogP) is 0.609. The summed E-state index contributed by atoms with van der Waals surface area (Å²) < 4.78 is 2.78. The molecule has 0 aromatic carbocycles. The van der Waals surface area contributed by atoms with Gasteiger partial charge in [-0.3, -0.25) is 9.48 Å². The smallest absolute Gasteiger partial charge is 0.222 e. The molecule has 0 radical (unpaired) electrons. The van der Waals surface area contributed by atoms with Gasteiger partial charge in [0.15, 0.2) is 0 Å². The Morgan fingerprint density at radius 3 is 3.00 bits per heavy atom. The van der Waals surface area contributed by atoms with Gasteiger partial charge in [-0.05, 0) is 22.6 Å². The second-order valence-electron chi connectivity index (χ2n) is 2.68. The minimum absolute atomic E-state index is 0.166. The van der Waals surface area contributed by atoms with Crippen molar-refractivity contribution in [2.45, 2.75) is 13.5 Å². The minimum Gasteiger partial charge on any atom is -0.369 e. The van der Waals surface area contributed by atoms with Crippen molar-refractivity contribution >= 4 is 28.5 Å². The molecular weight excluding hydrogens is 269 g/mol. The van der Waals surface area contributed by atoms with E-state index in [2.05, 4.69) is 27.7 Å². The zero-order chi connectivity index (χ0) is 9.14. The highest BCUT2D eigenvalue weighted by molar-refractivity contribution is 14.1. The average Bonchev–Trinajstić information content (AvgIpc) is 2.35. The average molecular weight is 279 g/mol. The molecule has 1 heterocycles. The number of halogens is 1. The number of nitrogens with two attached hydrogens (primary N) is 1. The Bertz CT molecular complexity index is 284. The van der Waals surface area contributed by atoms with E-state index >= 15 is 0 Å². The van der Waals surface area contributed by atoms with Crippen LogP contribution in [0.15, 0.2) is 12.4 Å². The monoisotopic (exact) mass is 279 g/mol. The van der Waals surface area contributed by atoms with Crippen LogP contribution in [0.3, 0.4) is 0 Å². The summed E-state index contributed by atoms with van der Waals surface area (Å²) in [6.07, 6.45) is 3.62. The van der Waals surface area contributed by atoms with Crippen LogP contribution in [0.5, 0.6) is 0 Å². The SMILES string of the molecule is CC(Cn1cc(I)cn1)C(N)=O. The third-order valence-electron chi connectivity index (χ3n) is 1.55. The molecule has 0 fully saturated rings. The molecule has 0 bridgehead atoms. The summed E-state index contributed by atoms with van der Waals surface area (Å²) in [5.74, 6) is -0.457. The number of amides is 1. The van der Waals surface area contributed by atoms with Crippen molar-refractivity contribution in [2.75, 3.05) is 0 Å². The highest BCUT2D eigenvalue weighted by atomic mass is 127. The lowest BCUT2D eigenvalue weighted by Gasteiger charge is -2.05. The minimum atomic E-state index is -0.291. The van der Waals surface area contributed by atoms with Crippen LogP contribution in [0, 0.1) is 9.49 Å². The first-order chi connectivity index (χ1) is 5.59. The number of primary amides is 1. The van der Waals surface area contributed by atoms with Crippen molar-refractivity contribution in [3.05, 3.63) is 16.0 Å². The van der Waals surface area contributed by atoms with Gasteiger partial charge in [0.05, 0.1) is 22.2 Å². The van der Waals surface area contributed by atoms with Crippen molar-refractivity contribution < 1.29 is 4.79 Å². The summed E-state index contributed by atoms with van der Waals surface area (Å²) in [7, 11) is 0. The number of hydrogen-bond acceptors (Lipinski definition) is 2. The number of rotatable bonds is 3. The Labute approximate surface area is 84.3 Å². The molecule has 4 nitrogen and oxygen atoms in total. The quantitative estimate of drug-likeness (QED) is 0.824. The number of carbonyl (C=O) groups excluding carboxylic acids is 1. The highest BCUT2D eigenvalue weighted by Gasteiger charge is 2.09. The summed E-state index contributed by atoms with van der Waals surface area (Å²) in [6, 6.07) is 0. The second-order valence-corrected chi connectivity index (χ2v) is 3.93. The van der Waals surface area contributed by atoms with Crippen LogP contribution in [0.2, 0.25) is 0 Å². The molecule has 2 N–H and O–H groups in total. The molecule has 0 aliphatic heterocycles. The first kappa shape index (κ1) is 9.50. The summed E-state index contributed by atoms with van der Waals surface area (Å²) in [4.78, 5) is 10.7. The lowest BCUT2D eigenvalue weighted by Crippen LogP contribution is -2.24. The molecule has 1 aromatic heterocycles. The molecule has 0 spiro atoms. The fraction of sp³-hybridized carbons (Fsp3) is 0.429. The largest absolute Gasteiger partial charge is 0.369 e. The van der Waals surface area contributed by atoms with Gasteiger partial charge in [-0.15, -0.1) is 0 Å². The summed E-state index contributed by atoms with van der Waals surface area (Å²) in [5.41, 5.74) is 5.11. The van der Waals surface area contributed by atoms with Gasteiger partial charge in [-0.1, -0.05) is 6.92 Å². The summed E-state index contributed by atoms with van der Waals surface area (Å²) in [6.45, 7) is 2.34. The first-order valence-corrected chi connectivity index (χ1v) is 4.64. The predicted molar refractivity (Wildman–Crippen MR) is 53.3 cm³/mol. The Balaban J connectivity index is 2.58. The number of carbonyl (C=O) groups is 1. The lowest BCUT2D eigenvalue weighted by molar-refractivity contribution is -0.121. The lowest BCUT2D eigenvalue weighted by atomic mass is 10.2. The molecule has 66 valence electrons. The molecule has 1 atom stereocenters. The molecule has 0 saturated carbocycles. The maximum absolute atomic E-state index is 10.7. The molecule has 0 aliphatic rings. The van der Waals surface area contributed by atoms with E-state index in [1.54, 1.807) is 17.8 Å². The van der Waals surface area contributed by atoms with E-state index in [4.69, 9.17) is 5.73 Å². The van der Waals surface area contributed by atoms with Gasteiger partial charge in [-0.25, -0.2) is 0 Å². The van der Waals surface area contributed by atoms with Gasteiger partial charge in [-0.2, -0.15) is 5.10 Å². The van der Waals surface area contributed by atoms with Gasteiger partial charge in [0.1, 0.15) is 0 Å². The van der Waals surface area contributed by atoms with Crippen LogP contribution in [0.1, 0.15) is 6.92 Å². The van der Waals surface area contributed by atoms with Crippen LogP contribution >= 0.6 is 22.6 Å². The van der Waals surface area contributed by atoms with Crippen LogP contribution in [-0.2, 0) is 11.3 Å².